The summed E-state index contributed by atoms with van der Waals surface area (Å²) in [6.07, 6.45) is 6.08. The summed E-state index contributed by atoms with van der Waals surface area (Å²) >= 11 is 0. The Hall–Kier alpha value is -1.76. The zero-order valence-corrected chi connectivity index (χ0v) is 10.7. The molecule has 0 N–H and O–H groups in total. The maximum Gasteiger partial charge on any atom is 0.272 e. The van der Waals surface area contributed by atoms with Crippen LogP contribution in [-0.4, -0.2) is 33.7 Å². The minimum absolute atomic E-state index is 0.0421. The largest absolute Gasteiger partial charge is 0.326 e. The lowest BCUT2D eigenvalue weighted by Gasteiger charge is -2.18. The van der Waals surface area contributed by atoms with E-state index in [0.717, 1.165) is 12.1 Å². The fraction of sp³-hybridized carbons (Fsp3) is 0.538. The van der Waals surface area contributed by atoms with Crippen LogP contribution in [0.3, 0.4) is 0 Å². The van der Waals surface area contributed by atoms with Gasteiger partial charge in [0.15, 0.2) is 0 Å². The van der Waals surface area contributed by atoms with Gasteiger partial charge < -0.3 is 4.90 Å². The molecule has 0 aliphatic rings. The number of rotatable bonds is 5. The van der Waals surface area contributed by atoms with Crippen molar-refractivity contribution < 1.29 is 4.79 Å². The van der Waals surface area contributed by atoms with Crippen LogP contribution < -0.4 is 0 Å². The second-order valence-electron chi connectivity index (χ2n) is 3.71. The molecule has 4 nitrogen and oxygen atoms in total. The van der Waals surface area contributed by atoms with Crippen LogP contribution in [0.1, 0.15) is 37.0 Å². The number of hydrogen-bond acceptors (Lipinski definition) is 2. The fourth-order valence-electron chi connectivity index (χ4n) is 1.66. The highest BCUT2D eigenvalue weighted by Crippen LogP contribution is 2.09. The Morgan fingerprint density at radius 3 is 2.71 bits per heavy atom. The molecule has 1 rings (SSSR count). The zero-order chi connectivity index (χ0) is 12.8. The first-order valence-electron chi connectivity index (χ1n) is 5.97. The number of nitrogens with zero attached hydrogens (tertiary/aromatic N) is 3. The van der Waals surface area contributed by atoms with E-state index >= 15 is 0 Å². The molecule has 0 bridgehead atoms. The summed E-state index contributed by atoms with van der Waals surface area (Å²) in [7, 11) is 0. The zero-order valence-electron chi connectivity index (χ0n) is 10.7. The monoisotopic (exact) mass is 233 g/mol. The predicted octanol–water partition coefficient (Wildman–Crippen LogP) is 1.56. The maximum absolute atomic E-state index is 12.2. The molecule has 17 heavy (non-hydrogen) atoms. The summed E-state index contributed by atoms with van der Waals surface area (Å²) in [5.41, 5.74) is 1.56. The van der Waals surface area contributed by atoms with Gasteiger partial charge in [-0.05, 0) is 26.3 Å². The molecular formula is C13H19N3O. The minimum Gasteiger partial charge on any atom is -0.326 e. The maximum atomic E-state index is 12.2. The van der Waals surface area contributed by atoms with Crippen LogP contribution in [0.25, 0.3) is 0 Å². The highest BCUT2D eigenvalue weighted by Gasteiger charge is 2.18. The van der Waals surface area contributed by atoms with Crippen molar-refractivity contribution >= 4 is 5.91 Å². The lowest BCUT2D eigenvalue weighted by molar-refractivity contribution is 0.0772. The van der Waals surface area contributed by atoms with Crippen LogP contribution in [0.2, 0.25) is 0 Å². The number of terminal acetylenes is 1. The molecule has 0 fully saturated rings. The average molecular weight is 233 g/mol. The summed E-state index contributed by atoms with van der Waals surface area (Å²) in [6, 6.07) is 1.85. The Bertz CT molecular complexity index is 428. The lowest BCUT2D eigenvalue weighted by Crippen LogP contribution is -2.32. The third-order valence-electron chi connectivity index (χ3n) is 2.66. The van der Waals surface area contributed by atoms with Crippen molar-refractivity contribution in [2.24, 2.45) is 0 Å². The van der Waals surface area contributed by atoms with E-state index < -0.39 is 0 Å². The van der Waals surface area contributed by atoms with E-state index in [1.54, 1.807) is 9.58 Å². The molecule has 0 atom stereocenters. The number of hydrogen-bond donors (Lipinski definition) is 0. The molecule has 92 valence electrons. The summed E-state index contributed by atoms with van der Waals surface area (Å²) < 4.78 is 1.74. The molecule has 4 heteroatoms. The van der Waals surface area contributed by atoms with Crippen molar-refractivity contribution in [2.45, 2.75) is 33.7 Å². The van der Waals surface area contributed by atoms with E-state index in [-0.39, 0.29) is 5.91 Å². The number of carbonyl (C=O) groups excluding carboxylic acids is 1. The SMILES string of the molecule is C#CCN(CC)C(=O)c1cc(CC)nn1CC. The van der Waals surface area contributed by atoms with Gasteiger partial charge in [0.05, 0.1) is 12.2 Å². The van der Waals surface area contributed by atoms with Crippen LogP contribution in [0, 0.1) is 12.3 Å². The third kappa shape index (κ3) is 2.88. The van der Waals surface area contributed by atoms with Crippen LogP contribution >= 0.6 is 0 Å². The van der Waals surface area contributed by atoms with Crippen molar-refractivity contribution in [3.63, 3.8) is 0 Å². The van der Waals surface area contributed by atoms with Crippen molar-refractivity contribution in [1.82, 2.24) is 14.7 Å². The summed E-state index contributed by atoms with van der Waals surface area (Å²) in [5, 5.41) is 4.36. The predicted molar refractivity (Wildman–Crippen MR) is 67.7 cm³/mol. The van der Waals surface area contributed by atoms with Crippen LogP contribution in [-0.2, 0) is 13.0 Å². The van der Waals surface area contributed by atoms with E-state index in [0.29, 0.717) is 25.3 Å². The van der Waals surface area contributed by atoms with Gasteiger partial charge in [-0.15, -0.1) is 6.42 Å². The van der Waals surface area contributed by atoms with Gasteiger partial charge in [0.25, 0.3) is 5.91 Å². The van der Waals surface area contributed by atoms with Gasteiger partial charge in [-0.2, -0.15) is 5.10 Å². The molecule has 0 saturated carbocycles. The molecule has 1 aromatic rings. The van der Waals surface area contributed by atoms with E-state index in [1.165, 1.54) is 0 Å². The van der Waals surface area contributed by atoms with Gasteiger partial charge in [0.1, 0.15) is 5.69 Å². The fourth-order valence-corrected chi connectivity index (χ4v) is 1.66. The third-order valence-corrected chi connectivity index (χ3v) is 2.66. The van der Waals surface area contributed by atoms with Crippen molar-refractivity contribution in [3.8, 4) is 12.3 Å². The van der Waals surface area contributed by atoms with Crippen LogP contribution in [0.4, 0.5) is 0 Å². The number of carbonyl (C=O) groups is 1. The molecule has 1 aromatic heterocycles. The van der Waals surface area contributed by atoms with E-state index in [1.807, 2.05) is 26.8 Å². The van der Waals surface area contributed by atoms with Gasteiger partial charge in [0.2, 0.25) is 0 Å². The smallest absolute Gasteiger partial charge is 0.272 e. The van der Waals surface area contributed by atoms with E-state index in [2.05, 4.69) is 11.0 Å². The van der Waals surface area contributed by atoms with Gasteiger partial charge in [0, 0.05) is 13.1 Å². The molecular weight excluding hydrogens is 214 g/mol. The van der Waals surface area contributed by atoms with Crippen LogP contribution in [0.15, 0.2) is 6.07 Å². The Morgan fingerprint density at radius 1 is 1.53 bits per heavy atom. The molecule has 0 spiro atoms. The Labute approximate surface area is 103 Å². The molecule has 0 radical (unpaired) electrons. The first kappa shape index (κ1) is 13.3. The number of aryl methyl sites for hydroxylation is 2. The number of aromatic nitrogens is 2. The first-order valence-corrected chi connectivity index (χ1v) is 5.97. The van der Waals surface area contributed by atoms with E-state index in [4.69, 9.17) is 6.42 Å². The van der Waals surface area contributed by atoms with Crippen molar-refractivity contribution in [3.05, 3.63) is 17.5 Å². The second-order valence-corrected chi connectivity index (χ2v) is 3.71. The van der Waals surface area contributed by atoms with Gasteiger partial charge in [-0.3, -0.25) is 9.48 Å². The molecule has 1 heterocycles. The number of amides is 1. The molecule has 0 aromatic carbocycles. The molecule has 0 saturated heterocycles. The quantitative estimate of drug-likeness (QED) is 0.724. The van der Waals surface area contributed by atoms with E-state index in [9.17, 15) is 4.79 Å². The molecule has 0 unspecified atom stereocenters. The lowest BCUT2D eigenvalue weighted by atomic mass is 10.2. The first-order chi connectivity index (χ1) is 8.17. The van der Waals surface area contributed by atoms with Crippen molar-refractivity contribution in [1.29, 1.82) is 0 Å². The standard InChI is InChI=1S/C13H19N3O/c1-5-9-15(7-3)13(17)12-10-11(6-2)14-16(12)8-4/h1,10H,6-9H2,2-4H3. The van der Waals surface area contributed by atoms with Gasteiger partial charge in [-0.1, -0.05) is 12.8 Å². The molecule has 0 aliphatic carbocycles. The molecule has 0 aliphatic heterocycles. The normalized spacial score (nSPS) is 10.0. The summed E-state index contributed by atoms with van der Waals surface area (Å²) in [5.74, 6) is 2.46. The van der Waals surface area contributed by atoms with Gasteiger partial charge in [-0.25, -0.2) is 0 Å². The van der Waals surface area contributed by atoms with Crippen LogP contribution in [0.5, 0.6) is 0 Å². The Morgan fingerprint density at radius 2 is 2.24 bits per heavy atom. The average Bonchev–Trinajstić information content (AvgIpc) is 2.78. The van der Waals surface area contributed by atoms with Gasteiger partial charge >= 0.3 is 0 Å². The topological polar surface area (TPSA) is 38.1 Å². The highest BCUT2D eigenvalue weighted by atomic mass is 16.2. The summed E-state index contributed by atoms with van der Waals surface area (Å²) in [6.45, 7) is 7.55. The Kier molecular flexibility index (Phi) is 4.77. The molecule has 1 amide bonds. The summed E-state index contributed by atoms with van der Waals surface area (Å²) in [4.78, 5) is 13.9. The minimum atomic E-state index is -0.0421. The highest BCUT2D eigenvalue weighted by molar-refractivity contribution is 5.92. The Balaban J connectivity index is 3.01. The second kappa shape index (κ2) is 6.09. The van der Waals surface area contributed by atoms with Crippen molar-refractivity contribution in [2.75, 3.05) is 13.1 Å².